The van der Waals surface area contributed by atoms with Gasteiger partial charge in [0.1, 0.15) is 11.8 Å². The van der Waals surface area contributed by atoms with Crippen LogP contribution in [-0.2, 0) is 14.4 Å². The zero-order valence-electron chi connectivity index (χ0n) is 26.5. The highest BCUT2D eigenvalue weighted by Gasteiger charge is 2.75. The first kappa shape index (κ1) is 32.6. The average molecular weight is 624 g/mol. The molecule has 4 aliphatic rings. The van der Waals surface area contributed by atoms with Gasteiger partial charge in [-0.15, -0.1) is 24.9 Å². The maximum atomic E-state index is 14.8. The van der Waals surface area contributed by atoms with Gasteiger partial charge < -0.3 is 24.5 Å². The van der Waals surface area contributed by atoms with E-state index in [2.05, 4.69) is 13.2 Å². The number of amides is 3. The van der Waals surface area contributed by atoms with Crippen molar-refractivity contribution in [2.45, 2.75) is 93.8 Å². The minimum atomic E-state index is -0.729. The van der Waals surface area contributed by atoms with Crippen LogP contribution in [0, 0.1) is 17.8 Å². The molecule has 1 spiro atoms. The quantitative estimate of drug-likeness (QED) is 0.309. The smallest absolute Gasteiger partial charge is 0.247 e. The van der Waals surface area contributed by atoms with Gasteiger partial charge in [0.25, 0.3) is 0 Å². The normalized spacial score (nSPS) is 28.6. The third-order valence-corrected chi connectivity index (χ3v) is 12.2. The molecule has 5 rings (SSSR count). The molecule has 6 atom stereocenters. The number of hydrogen-bond donors (Lipinski definition) is 1. The maximum Gasteiger partial charge on any atom is 0.247 e. The summed E-state index contributed by atoms with van der Waals surface area (Å²) in [5.74, 6) is -0.867. The minimum Gasteiger partial charge on any atom is -0.494 e. The molecule has 0 aromatic heterocycles. The van der Waals surface area contributed by atoms with Crippen LogP contribution in [0.1, 0.15) is 65.7 Å². The van der Waals surface area contributed by atoms with Gasteiger partial charge in [-0.2, -0.15) is 0 Å². The Bertz CT molecular complexity index is 1230. The molecule has 0 radical (unpaired) electrons. The van der Waals surface area contributed by atoms with Crippen molar-refractivity contribution in [3.8, 4) is 5.75 Å². The maximum absolute atomic E-state index is 14.8. The van der Waals surface area contributed by atoms with Gasteiger partial charge in [-0.1, -0.05) is 45.3 Å². The number of aliphatic hydroxyl groups excluding tert-OH is 1. The number of thioether (sulfide) groups is 1. The number of carbonyl (C=O) groups excluding carboxylic acids is 3. The summed E-state index contributed by atoms with van der Waals surface area (Å²) in [6.07, 6.45) is 10.2. The van der Waals surface area contributed by atoms with Crippen LogP contribution in [0.5, 0.6) is 5.75 Å². The van der Waals surface area contributed by atoms with E-state index in [0.717, 1.165) is 43.5 Å². The van der Waals surface area contributed by atoms with Crippen LogP contribution in [0.4, 0.5) is 5.69 Å². The lowest BCUT2D eigenvalue weighted by atomic mass is 9.70. The van der Waals surface area contributed by atoms with Crippen molar-refractivity contribution < 1.29 is 24.2 Å². The molecule has 1 N–H and O–H groups in total. The van der Waals surface area contributed by atoms with E-state index in [1.54, 1.807) is 33.7 Å². The summed E-state index contributed by atoms with van der Waals surface area (Å²) in [6, 6.07) is 6.31. The molecule has 9 heteroatoms. The number of fused-ring (bicyclic) bond motifs is 1. The molecule has 2 bridgehead atoms. The Balaban J connectivity index is 1.54. The highest BCUT2D eigenvalue weighted by atomic mass is 32.2. The van der Waals surface area contributed by atoms with E-state index < -0.39 is 28.7 Å². The summed E-state index contributed by atoms with van der Waals surface area (Å²) in [7, 11) is 0. The van der Waals surface area contributed by atoms with Gasteiger partial charge in [0.2, 0.25) is 17.7 Å². The van der Waals surface area contributed by atoms with Crippen molar-refractivity contribution in [1.82, 2.24) is 9.80 Å². The van der Waals surface area contributed by atoms with Crippen molar-refractivity contribution in [2.75, 3.05) is 31.2 Å². The zero-order valence-corrected chi connectivity index (χ0v) is 27.3. The van der Waals surface area contributed by atoms with E-state index >= 15 is 0 Å². The van der Waals surface area contributed by atoms with E-state index in [1.807, 2.05) is 49.9 Å². The first-order valence-electron chi connectivity index (χ1n) is 16.4. The van der Waals surface area contributed by atoms with Crippen molar-refractivity contribution >= 4 is 35.2 Å². The fourth-order valence-electron chi connectivity index (χ4n) is 8.26. The summed E-state index contributed by atoms with van der Waals surface area (Å²) >= 11 is 1.68. The SMILES string of the molecule is C=CCN(C(=O)[C@@H]1[C@H]2C(=O)N([C@@H](CO)C(C)C)C(C(=O)N(CC=C)C3CCCCC3)C23CC[C@H]1S3)c1ccc(OCC)cc1. The molecule has 1 aromatic rings. The second-order valence-corrected chi connectivity index (χ2v) is 14.6. The van der Waals surface area contributed by atoms with Crippen molar-refractivity contribution in [1.29, 1.82) is 0 Å². The molecule has 8 nitrogen and oxygen atoms in total. The van der Waals surface area contributed by atoms with E-state index in [4.69, 9.17) is 4.74 Å². The Morgan fingerprint density at radius 2 is 1.77 bits per heavy atom. The van der Waals surface area contributed by atoms with Crippen molar-refractivity contribution in [3.05, 3.63) is 49.6 Å². The number of rotatable bonds is 13. The molecule has 4 fully saturated rings. The molecule has 2 unspecified atom stereocenters. The number of hydrogen-bond acceptors (Lipinski definition) is 6. The molecule has 3 amide bonds. The lowest BCUT2D eigenvalue weighted by Gasteiger charge is -2.43. The molecule has 1 saturated carbocycles. The first-order chi connectivity index (χ1) is 21.2. The number of anilines is 1. The number of likely N-dealkylation sites (tertiary alicyclic amines) is 1. The summed E-state index contributed by atoms with van der Waals surface area (Å²) in [5, 5.41) is 10.5. The number of aliphatic hydroxyl groups is 1. The van der Waals surface area contributed by atoms with Gasteiger partial charge in [0.15, 0.2) is 0 Å². The molecule has 44 heavy (non-hydrogen) atoms. The van der Waals surface area contributed by atoms with Crippen LogP contribution in [0.15, 0.2) is 49.6 Å². The van der Waals surface area contributed by atoms with Crippen LogP contribution in [0.3, 0.4) is 0 Å². The third kappa shape index (κ3) is 5.59. The van der Waals surface area contributed by atoms with Gasteiger partial charge in [0, 0.05) is 30.1 Å². The average Bonchev–Trinajstić information content (AvgIpc) is 3.67. The Morgan fingerprint density at radius 3 is 2.36 bits per heavy atom. The highest BCUT2D eigenvalue weighted by Crippen LogP contribution is 2.67. The number of nitrogens with zero attached hydrogens (tertiary/aromatic N) is 3. The molecule has 3 aliphatic heterocycles. The Hall–Kier alpha value is -2.78. The zero-order chi connectivity index (χ0) is 31.6. The van der Waals surface area contributed by atoms with Gasteiger partial charge in [-0.25, -0.2) is 0 Å². The van der Waals surface area contributed by atoms with Gasteiger partial charge in [0.05, 0.1) is 35.8 Å². The molecular weight excluding hydrogens is 574 g/mol. The molecule has 1 aromatic carbocycles. The summed E-state index contributed by atoms with van der Waals surface area (Å²) < 4.78 is 4.90. The Kier molecular flexibility index (Phi) is 10.1. The van der Waals surface area contributed by atoms with Gasteiger partial charge in [-0.05, 0) is 62.8 Å². The van der Waals surface area contributed by atoms with Crippen LogP contribution >= 0.6 is 11.8 Å². The monoisotopic (exact) mass is 623 g/mol. The van der Waals surface area contributed by atoms with E-state index in [-0.39, 0.29) is 41.5 Å². The fourth-order valence-corrected chi connectivity index (χ4v) is 10.5. The predicted octanol–water partition coefficient (Wildman–Crippen LogP) is 5.06. The summed E-state index contributed by atoms with van der Waals surface area (Å²) in [6.45, 7) is 14.8. The first-order valence-corrected chi connectivity index (χ1v) is 17.3. The molecule has 3 saturated heterocycles. The van der Waals surface area contributed by atoms with Crippen molar-refractivity contribution in [2.24, 2.45) is 17.8 Å². The molecular formula is C35H49N3O5S. The van der Waals surface area contributed by atoms with Crippen LogP contribution < -0.4 is 9.64 Å². The number of carbonyl (C=O) groups is 3. The largest absolute Gasteiger partial charge is 0.494 e. The summed E-state index contributed by atoms with van der Waals surface area (Å²) in [5.41, 5.74) is 0.722. The van der Waals surface area contributed by atoms with Crippen LogP contribution in [0.25, 0.3) is 0 Å². The topological polar surface area (TPSA) is 90.4 Å². The molecule has 3 heterocycles. The second kappa shape index (κ2) is 13.7. The highest BCUT2D eigenvalue weighted by molar-refractivity contribution is 8.02. The standard InChI is InChI=1S/C35H49N3O5S/c1-6-20-36(25-14-16-26(17-15-25)43-8-3)32(40)29-28-18-19-35(44-28)30(29)33(41)38(27(22-39)23(4)5)31(35)34(42)37(21-7-2)24-12-10-9-11-13-24/h6-7,14-17,23-24,27-31,39H,1-2,8-13,18-22H2,3-5H3/t27-,28+,29-,30-,31?,35?/m0/s1. The number of ether oxygens (including phenoxy) is 1. The Morgan fingerprint density at radius 1 is 1.09 bits per heavy atom. The predicted molar refractivity (Wildman–Crippen MR) is 176 cm³/mol. The van der Waals surface area contributed by atoms with Crippen LogP contribution in [-0.4, -0.2) is 87.1 Å². The third-order valence-electron chi connectivity index (χ3n) is 10.2. The summed E-state index contributed by atoms with van der Waals surface area (Å²) in [4.78, 5) is 49.5. The van der Waals surface area contributed by atoms with E-state index in [0.29, 0.717) is 26.1 Å². The van der Waals surface area contributed by atoms with Crippen molar-refractivity contribution in [3.63, 3.8) is 0 Å². The van der Waals surface area contributed by atoms with Crippen LogP contribution in [0.2, 0.25) is 0 Å². The number of benzene rings is 1. The Labute approximate surface area is 266 Å². The van der Waals surface area contributed by atoms with E-state index in [9.17, 15) is 19.5 Å². The second-order valence-electron chi connectivity index (χ2n) is 13.0. The van der Waals surface area contributed by atoms with Gasteiger partial charge >= 0.3 is 0 Å². The lowest BCUT2D eigenvalue weighted by molar-refractivity contribution is -0.148. The van der Waals surface area contributed by atoms with Gasteiger partial charge in [-0.3, -0.25) is 14.4 Å². The molecule has 1 aliphatic carbocycles. The minimum absolute atomic E-state index is 0.0533. The fraction of sp³-hybridized carbons (Fsp3) is 0.629. The molecule has 240 valence electrons. The lowest BCUT2D eigenvalue weighted by Crippen LogP contribution is -2.60. The van der Waals surface area contributed by atoms with E-state index in [1.165, 1.54) is 6.42 Å².